The van der Waals surface area contributed by atoms with Gasteiger partial charge in [0.2, 0.25) is 11.8 Å². The van der Waals surface area contributed by atoms with E-state index in [1.54, 1.807) is 20.2 Å². The van der Waals surface area contributed by atoms with Crippen molar-refractivity contribution in [2.24, 2.45) is 0 Å². The lowest BCUT2D eigenvalue weighted by Crippen LogP contribution is -2.54. The number of carbonyl (C=O) groups is 2. The molecular weight excluding hydrogens is 371 g/mol. The Balaban J connectivity index is 2.00. The Morgan fingerprint density at radius 2 is 2.07 bits per heavy atom. The monoisotopic (exact) mass is 397 g/mol. The first-order valence-corrected chi connectivity index (χ1v) is 9.45. The maximum atomic E-state index is 13.2. The predicted octanol–water partition coefficient (Wildman–Crippen LogP) is 2.97. The average molecular weight is 397 g/mol. The molecule has 2 aliphatic rings. The van der Waals surface area contributed by atoms with Gasteiger partial charge < -0.3 is 10.2 Å². The number of carbonyl (C=O) groups excluding carboxylic acids is 2. The molecule has 1 aromatic rings. The SMILES string of the molecule is CN(C)C(=O)CN1[C@H]2CCCC(=O)N[C@@]2(C)C[C@H]1c1cccc(C(F)(F)F)c1. The molecule has 2 saturated heterocycles. The third-order valence-corrected chi connectivity index (χ3v) is 5.88. The van der Waals surface area contributed by atoms with Crippen molar-refractivity contribution in [2.45, 2.75) is 56.4 Å². The summed E-state index contributed by atoms with van der Waals surface area (Å²) in [5.41, 5.74) is -0.769. The summed E-state index contributed by atoms with van der Waals surface area (Å²) in [5, 5.41) is 3.07. The molecule has 3 atom stereocenters. The number of benzene rings is 1. The van der Waals surface area contributed by atoms with Crippen LogP contribution in [-0.2, 0) is 15.8 Å². The number of nitrogens with one attached hydrogen (secondary N) is 1. The van der Waals surface area contributed by atoms with Gasteiger partial charge in [0.25, 0.3) is 0 Å². The Bertz CT molecular complexity index is 765. The zero-order valence-corrected chi connectivity index (χ0v) is 16.3. The van der Waals surface area contributed by atoms with Gasteiger partial charge in [-0.05, 0) is 43.9 Å². The van der Waals surface area contributed by atoms with E-state index in [-0.39, 0.29) is 30.4 Å². The first-order chi connectivity index (χ1) is 13.0. The molecule has 2 fully saturated rings. The number of alkyl halides is 3. The van der Waals surface area contributed by atoms with Gasteiger partial charge in [-0.15, -0.1) is 0 Å². The Kier molecular flexibility index (Phi) is 5.44. The van der Waals surface area contributed by atoms with Crippen molar-refractivity contribution in [1.29, 1.82) is 0 Å². The molecule has 1 aromatic carbocycles. The summed E-state index contributed by atoms with van der Waals surface area (Å²) in [7, 11) is 3.32. The fraction of sp³-hybridized carbons (Fsp3) is 0.600. The van der Waals surface area contributed by atoms with Crippen LogP contribution in [-0.4, -0.2) is 53.8 Å². The molecule has 0 aliphatic carbocycles. The number of fused-ring (bicyclic) bond motifs is 1. The molecule has 28 heavy (non-hydrogen) atoms. The number of rotatable bonds is 3. The Morgan fingerprint density at radius 1 is 1.36 bits per heavy atom. The molecule has 8 heteroatoms. The first-order valence-electron chi connectivity index (χ1n) is 9.45. The number of hydrogen-bond donors (Lipinski definition) is 1. The van der Waals surface area contributed by atoms with Crippen molar-refractivity contribution in [3.8, 4) is 0 Å². The van der Waals surface area contributed by atoms with E-state index in [1.165, 1.54) is 11.0 Å². The van der Waals surface area contributed by atoms with Gasteiger partial charge in [-0.3, -0.25) is 14.5 Å². The van der Waals surface area contributed by atoms with E-state index in [0.29, 0.717) is 31.2 Å². The second-order valence-corrected chi connectivity index (χ2v) is 8.18. The fourth-order valence-electron chi connectivity index (χ4n) is 4.44. The van der Waals surface area contributed by atoms with Crippen LogP contribution in [0.3, 0.4) is 0 Å². The van der Waals surface area contributed by atoms with Gasteiger partial charge in [-0.1, -0.05) is 12.1 Å². The van der Waals surface area contributed by atoms with Crippen molar-refractivity contribution in [2.75, 3.05) is 20.6 Å². The number of likely N-dealkylation sites (tertiary alicyclic amines) is 1. The van der Waals surface area contributed by atoms with E-state index in [1.807, 2.05) is 11.8 Å². The standard InChI is InChI=1S/C20H26F3N3O2/c1-19-11-15(13-6-4-7-14(10-13)20(21,22)23)26(12-18(28)25(2)3)16(19)8-5-9-17(27)24-19/h4,6-7,10,15-16H,5,8-9,11-12H2,1-3H3,(H,24,27)/t15-,16-,19-/m0/s1. The fourth-order valence-corrected chi connectivity index (χ4v) is 4.44. The van der Waals surface area contributed by atoms with Crippen LogP contribution in [0.25, 0.3) is 0 Å². The third-order valence-electron chi connectivity index (χ3n) is 5.88. The Morgan fingerprint density at radius 3 is 2.71 bits per heavy atom. The zero-order chi connectivity index (χ0) is 20.7. The molecule has 0 radical (unpaired) electrons. The van der Waals surface area contributed by atoms with E-state index >= 15 is 0 Å². The van der Waals surface area contributed by atoms with Crippen LogP contribution in [0.2, 0.25) is 0 Å². The highest BCUT2D eigenvalue weighted by atomic mass is 19.4. The molecule has 2 aliphatic heterocycles. The van der Waals surface area contributed by atoms with Gasteiger partial charge >= 0.3 is 6.18 Å². The molecule has 154 valence electrons. The maximum absolute atomic E-state index is 13.2. The minimum Gasteiger partial charge on any atom is -0.349 e. The quantitative estimate of drug-likeness (QED) is 0.853. The van der Waals surface area contributed by atoms with Crippen LogP contribution in [0.15, 0.2) is 24.3 Å². The number of nitrogens with zero attached hydrogens (tertiary/aromatic N) is 2. The van der Waals surface area contributed by atoms with Crippen LogP contribution in [0.4, 0.5) is 13.2 Å². The van der Waals surface area contributed by atoms with Crippen LogP contribution >= 0.6 is 0 Å². The second-order valence-electron chi connectivity index (χ2n) is 8.18. The highest BCUT2D eigenvalue weighted by Gasteiger charge is 2.51. The van der Waals surface area contributed by atoms with Gasteiger partial charge in [-0.2, -0.15) is 13.2 Å². The Hall–Kier alpha value is -2.09. The summed E-state index contributed by atoms with van der Waals surface area (Å²) in [6.07, 6.45) is -2.14. The highest BCUT2D eigenvalue weighted by molar-refractivity contribution is 5.79. The topological polar surface area (TPSA) is 52.7 Å². The largest absolute Gasteiger partial charge is 0.416 e. The zero-order valence-electron chi connectivity index (χ0n) is 16.3. The molecular formula is C20H26F3N3O2. The summed E-state index contributed by atoms with van der Waals surface area (Å²) in [5.74, 6) is -0.162. The lowest BCUT2D eigenvalue weighted by Gasteiger charge is -2.35. The summed E-state index contributed by atoms with van der Waals surface area (Å²) in [6.45, 7) is 2.03. The second kappa shape index (κ2) is 7.39. The number of halogens is 3. The normalized spacial score (nSPS) is 28.4. The van der Waals surface area contributed by atoms with Crippen LogP contribution in [0, 0.1) is 0 Å². The molecule has 0 aromatic heterocycles. The highest BCUT2D eigenvalue weighted by Crippen LogP contribution is 2.45. The minimum atomic E-state index is -4.43. The van der Waals surface area contributed by atoms with Crippen LogP contribution in [0.5, 0.6) is 0 Å². The van der Waals surface area contributed by atoms with E-state index < -0.39 is 17.3 Å². The number of hydrogen-bond acceptors (Lipinski definition) is 3. The molecule has 2 amide bonds. The third kappa shape index (κ3) is 4.01. The lowest BCUT2D eigenvalue weighted by atomic mass is 9.88. The van der Waals surface area contributed by atoms with Crippen molar-refractivity contribution in [3.05, 3.63) is 35.4 Å². The van der Waals surface area contributed by atoms with Crippen molar-refractivity contribution in [3.63, 3.8) is 0 Å². The van der Waals surface area contributed by atoms with Crippen molar-refractivity contribution >= 4 is 11.8 Å². The summed E-state index contributed by atoms with van der Waals surface area (Å²) < 4.78 is 39.6. The summed E-state index contributed by atoms with van der Waals surface area (Å²) >= 11 is 0. The predicted molar refractivity (Wildman–Crippen MR) is 98.4 cm³/mol. The van der Waals surface area contributed by atoms with Gasteiger partial charge in [0.1, 0.15) is 0 Å². The maximum Gasteiger partial charge on any atom is 0.416 e. The van der Waals surface area contributed by atoms with E-state index in [4.69, 9.17) is 0 Å². The summed E-state index contributed by atoms with van der Waals surface area (Å²) in [6, 6.07) is 4.80. The van der Waals surface area contributed by atoms with E-state index in [0.717, 1.165) is 12.1 Å². The first kappa shape index (κ1) is 20.6. The molecule has 0 bridgehead atoms. The lowest BCUT2D eigenvalue weighted by molar-refractivity contribution is -0.137. The molecule has 0 spiro atoms. The van der Waals surface area contributed by atoms with E-state index in [2.05, 4.69) is 5.32 Å². The van der Waals surface area contributed by atoms with E-state index in [9.17, 15) is 22.8 Å². The number of amides is 2. The summed E-state index contributed by atoms with van der Waals surface area (Å²) in [4.78, 5) is 28.0. The van der Waals surface area contributed by atoms with Gasteiger partial charge in [-0.25, -0.2) is 0 Å². The average Bonchev–Trinajstić information content (AvgIpc) is 2.76. The minimum absolute atomic E-state index is 0.0476. The van der Waals surface area contributed by atoms with Crippen LogP contribution in [0.1, 0.15) is 49.8 Å². The number of likely N-dealkylation sites (N-methyl/N-ethyl adjacent to an activating group) is 1. The molecule has 1 N–H and O–H groups in total. The smallest absolute Gasteiger partial charge is 0.349 e. The molecule has 0 unspecified atom stereocenters. The van der Waals surface area contributed by atoms with Gasteiger partial charge in [0.15, 0.2) is 0 Å². The van der Waals surface area contributed by atoms with Crippen molar-refractivity contribution in [1.82, 2.24) is 15.1 Å². The van der Waals surface area contributed by atoms with Crippen LogP contribution < -0.4 is 5.32 Å². The molecule has 3 rings (SSSR count). The van der Waals surface area contributed by atoms with Gasteiger partial charge in [0.05, 0.1) is 17.6 Å². The molecule has 0 saturated carbocycles. The Labute approximate surface area is 162 Å². The van der Waals surface area contributed by atoms with Gasteiger partial charge in [0, 0.05) is 32.6 Å². The molecule has 2 heterocycles. The van der Waals surface area contributed by atoms with Crippen molar-refractivity contribution < 1.29 is 22.8 Å². The molecule has 5 nitrogen and oxygen atoms in total.